The third-order valence-electron chi connectivity index (χ3n) is 4.50. The van der Waals surface area contributed by atoms with Crippen molar-refractivity contribution < 1.29 is 0 Å². The first-order valence-electron chi connectivity index (χ1n) is 7.53. The molecule has 1 aromatic carbocycles. The molecule has 2 unspecified atom stereocenters. The largest absolute Gasteiger partial charge is 0.368 e. The highest BCUT2D eigenvalue weighted by Gasteiger charge is 2.38. The lowest BCUT2D eigenvalue weighted by molar-refractivity contribution is 0.551. The normalized spacial score (nSPS) is 25.3. The van der Waals surface area contributed by atoms with Crippen molar-refractivity contribution in [1.29, 1.82) is 0 Å². The molecule has 2 fully saturated rings. The van der Waals surface area contributed by atoms with Crippen molar-refractivity contribution >= 4 is 21.6 Å². The van der Waals surface area contributed by atoms with Crippen LogP contribution in [0.4, 0.5) is 5.69 Å². The summed E-state index contributed by atoms with van der Waals surface area (Å²) in [6.45, 7) is 5.57. The van der Waals surface area contributed by atoms with Gasteiger partial charge >= 0.3 is 0 Å². The molecule has 104 valence electrons. The van der Waals surface area contributed by atoms with Gasteiger partial charge in [0.1, 0.15) is 0 Å². The highest BCUT2D eigenvalue weighted by molar-refractivity contribution is 9.10. The first kappa shape index (κ1) is 13.4. The monoisotopic (exact) mass is 322 g/mol. The predicted octanol–water partition coefficient (Wildman–Crippen LogP) is 3.94. The zero-order valence-corrected chi connectivity index (χ0v) is 13.2. The summed E-state index contributed by atoms with van der Waals surface area (Å²) in [5.41, 5.74) is 2.90. The van der Waals surface area contributed by atoms with Crippen LogP contribution in [0.25, 0.3) is 0 Å². The second-order valence-corrected chi connectivity index (χ2v) is 6.85. The fourth-order valence-electron chi connectivity index (χ4n) is 3.60. The molecular formula is C16H23BrN2. The Kier molecular flexibility index (Phi) is 4.13. The first-order chi connectivity index (χ1) is 9.28. The average molecular weight is 323 g/mol. The third kappa shape index (κ3) is 2.82. The Morgan fingerprint density at radius 2 is 2.26 bits per heavy atom. The van der Waals surface area contributed by atoms with Gasteiger partial charge in [-0.1, -0.05) is 22.9 Å². The van der Waals surface area contributed by atoms with Gasteiger partial charge in [0.15, 0.2) is 0 Å². The van der Waals surface area contributed by atoms with Gasteiger partial charge in [0.25, 0.3) is 0 Å². The number of halogens is 1. The zero-order valence-electron chi connectivity index (χ0n) is 11.7. The van der Waals surface area contributed by atoms with E-state index < -0.39 is 0 Å². The number of benzene rings is 1. The quantitative estimate of drug-likeness (QED) is 0.826. The average Bonchev–Trinajstić information content (AvgIpc) is 3.01. The van der Waals surface area contributed by atoms with Crippen molar-refractivity contribution in [3.8, 4) is 0 Å². The maximum Gasteiger partial charge on any atom is 0.0415 e. The number of fused-ring (bicyclic) bond motifs is 2. The highest BCUT2D eigenvalue weighted by Crippen LogP contribution is 2.41. The molecule has 1 heterocycles. The molecule has 2 atom stereocenters. The van der Waals surface area contributed by atoms with Crippen LogP contribution in [0.5, 0.6) is 0 Å². The lowest BCUT2D eigenvalue weighted by Gasteiger charge is -2.31. The van der Waals surface area contributed by atoms with E-state index in [1.807, 2.05) is 0 Å². The lowest BCUT2D eigenvalue weighted by atomic mass is 10.1. The Bertz CT molecular complexity index is 446. The minimum absolute atomic E-state index is 0.802. The van der Waals surface area contributed by atoms with Gasteiger partial charge in [0.2, 0.25) is 0 Å². The summed E-state index contributed by atoms with van der Waals surface area (Å²) in [5, 5.41) is 3.54. The number of rotatable bonds is 5. The Labute approximate surface area is 124 Å². The van der Waals surface area contributed by atoms with E-state index in [2.05, 4.69) is 51.3 Å². The van der Waals surface area contributed by atoms with Crippen molar-refractivity contribution in [1.82, 2.24) is 5.32 Å². The summed E-state index contributed by atoms with van der Waals surface area (Å²) in [5.74, 6) is 0.949. The molecule has 0 aromatic heterocycles. The van der Waals surface area contributed by atoms with Gasteiger partial charge in [0.05, 0.1) is 0 Å². The highest BCUT2D eigenvalue weighted by atomic mass is 79.9. The predicted molar refractivity (Wildman–Crippen MR) is 84.6 cm³/mol. The minimum atomic E-state index is 0.802. The Morgan fingerprint density at radius 3 is 2.95 bits per heavy atom. The number of hydrogen-bond donors (Lipinski definition) is 1. The molecule has 19 heavy (non-hydrogen) atoms. The smallest absolute Gasteiger partial charge is 0.0415 e. The molecule has 1 saturated heterocycles. The summed E-state index contributed by atoms with van der Waals surface area (Å²) in [6, 6.07) is 7.57. The van der Waals surface area contributed by atoms with Crippen molar-refractivity contribution in [3.63, 3.8) is 0 Å². The van der Waals surface area contributed by atoms with Gasteiger partial charge in [-0.25, -0.2) is 0 Å². The second-order valence-electron chi connectivity index (χ2n) is 5.94. The summed E-state index contributed by atoms with van der Waals surface area (Å²) < 4.78 is 1.19. The van der Waals surface area contributed by atoms with Gasteiger partial charge < -0.3 is 10.2 Å². The van der Waals surface area contributed by atoms with Gasteiger partial charge in [0, 0.05) is 29.3 Å². The van der Waals surface area contributed by atoms with Crippen LogP contribution in [0.2, 0.25) is 0 Å². The number of nitrogens with zero attached hydrogens (tertiary/aromatic N) is 1. The van der Waals surface area contributed by atoms with Crippen LogP contribution in [0.3, 0.4) is 0 Å². The fraction of sp³-hybridized carbons (Fsp3) is 0.625. The van der Waals surface area contributed by atoms with Gasteiger partial charge in [-0.2, -0.15) is 0 Å². The second kappa shape index (κ2) is 5.84. The van der Waals surface area contributed by atoms with Gasteiger partial charge in [-0.3, -0.25) is 0 Å². The molecule has 2 aliphatic rings. The van der Waals surface area contributed by atoms with E-state index in [0.717, 1.165) is 25.0 Å². The Morgan fingerprint density at radius 1 is 1.37 bits per heavy atom. The van der Waals surface area contributed by atoms with Crippen LogP contribution in [0.1, 0.15) is 38.2 Å². The number of anilines is 1. The molecule has 1 aromatic rings. The molecule has 3 heteroatoms. The van der Waals surface area contributed by atoms with E-state index in [4.69, 9.17) is 0 Å². The maximum atomic E-state index is 3.61. The van der Waals surface area contributed by atoms with E-state index in [1.54, 1.807) is 0 Å². The molecule has 1 N–H and O–H groups in total. The molecular weight excluding hydrogens is 300 g/mol. The molecule has 3 rings (SSSR count). The summed E-state index contributed by atoms with van der Waals surface area (Å²) in [6.07, 6.45) is 5.44. The van der Waals surface area contributed by atoms with Gasteiger partial charge in [-0.05, 0) is 61.9 Å². The first-order valence-corrected chi connectivity index (χ1v) is 8.33. The van der Waals surface area contributed by atoms with Crippen molar-refractivity contribution in [3.05, 3.63) is 28.2 Å². The van der Waals surface area contributed by atoms with E-state index >= 15 is 0 Å². The van der Waals surface area contributed by atoms with Crippen molar-refractivity contribution in [2.75, 3.05) is 18.0 Å². The Hall–Kier alpha value is -0.540. The number of nitrogens with one attached hydrogen (secondary N) is 1. The topological polar surface area (TPSA) is 15.3 Å². The van der Waals surface area contributed by atoms with Crippen LogP contribution in [0, 0.1) is 5.92 Å². The molecule has 2 nitrogen and oxygen atoms in total. The Balaban J connectivity index is 1.79. The van der Waals surface area contributed by atoms with E-state index in [-0.39, 0.29) is 0 Å². The number of piperidine rings is 1. The van der Waals surface area contributed by atoms with Gasteiger partial charge in [-0.15, -0.1) is 0 Å². The van der Waals surface area contributed by atoms with Crippen LogP contribution in [-0.4, -0.2) is 19.1 Å². The molecule has 1 aliphatic carbocycles. The fourth-order valence-corrected chi connectivity index (χ4v) is 4.00. The molecule has 1 saturated carbocycles. The summed E-state index contributed by atoms with van der Waals surface area (Å²) in [4.78, 5) is 2.66. The third-order valence-corrected chi connectivity index (χ3v) is 5.00. The number of hydrogen-bond acceptors (Lipinski definition) is 2. The van der Waals surface area contributed by atoms with Crippen LogP contribution >= 0.6 is 15.9 Å². The van der Waals surface area contributed by atoms with Crippen molar-refractivity contribution in [2.24, 2.45) is 5.92 Å². The zero-order chi connectivity index (χ0) is 13.2. The molecule has 2 bridgehead atoms. The summed E-state index contributed by atoms with van der Waals surface area (Å²) in [7, 11) is 0. The molecule has 0 radical (unpaired) electrons. The standard InChI is InChI=1S/C16H23BrN2/c1-2-7-18-10-13-9-14(17)4-6-16(13)19-11-12-3-5-15(19)8-12/h4,6,9,12,15,18H,2-3,5,7-8,10-11H2,1H3. The minimum Gasteiger partial charge on any atom is -0.368 e. The van der Waals surface area contributed by atoms with E-state index in [1.165, 1.54) is 48.0 Å². The maximum absolute atomic E-state index is 3.61. The van der Waals surface area contributed by atoms with Crippen LogP contribution < -0.4 is 10.2 Å². The summed E-state index contributed by atoms with van der Waals surface area (Å²) >= 11 is 3.61. The van der Waals surface area contributed by atoms with Crippen LogP contribution in [-0.2, 0) is 6.54 Å². The van der Waals surface area contributed by atoms with Crippen LogP contribution in [0.15, 0.2) is 22.7 Å². The SMILES string of the molecule is CCCNCc1cc(Br)ccc1N1CC2CCC1C2. The van der Waals surface area contributed by atoms with Crippen molar-refractivity contribution in [2.45, 2.75) is 45.2 Å². The molecule has 1 aliphatic heterocycles. The van der Waals surface area contributed by atoms with E-state index in [0.29, 0.717) is 0 Å². The van der Waals surface area contributed by atoms with E-state index in [9.17, 15) is 0 Å². The molecule has 0 amide bonds. The lowest BCUT2D eigenvalue weighted by Crippen LogP contribution is -2.33. The molecule has 0 spiro atoms.